The van der Waals surface area contributed by atoms with Crippen LogP contribution in [0.3, 0.4) is 0 Å². The summed E-state index contributed by atoms with van der Waals surface area (Å²) in [5.74, 6) is 0.540. The van der Waals surface area contributed by atoms with E-state index in [4.69, 9.17) is 4.74 Å². The monoisotopic (exact) mass is 182 g/mol. The van der Waals surface area contributed by atoms with Crippen molar-refractivity contribution < 1.29 is 9.53 Å². The SMILES string of the molecule is CC1(C)C(=O)O[C@@]2(C)CCC[C@H]1C2. The third-order valence-electron chi connectivity index (χ3n) is 3.82. The molecule has 2 atom stereocenters. The molecule has 0 N–H and O–H groups in total. The number of hydrogen-bond donors (Lipinski definition) is 0. The van der Waals surface area contributed by atoms with Gasteiger partial charge in [0.1, 0.15) is 5.60 Å². The molecule has 1 aliphatic carbocycles. The van der Waals surface area contributed by atoms with E-state index in [-0.39, 0.29) is 17.0 Å². The van der Waals surface area contributed by atoms with Gasteiger partial charge in [-0.3, -0.25) is 4.79 Å². The molecule has 1 aliphatic heterocycles. The van der Waals surface area contributed by atoms with Gasteiger partial charge in [-0.25, -0.2) is 0 Å². The Hall–Kier alpha value is -0.530. The predicted octanol–water partition coefficient (Wildman–Crippen LogP) is 2.52. The van der Waals surface area contributed by atoms with E-state index in [1.807, 2.05) is 13.8 Å². The highest BCUT2D eigenvalue weighted by Crippen LogP contribution is 2.49. The zero-order chi connectivity index (χ0) is 9.69. The summed E-state index contributed by atoms with van der Waals surface area (Å²) in [4.78, 5) is 11.7. The molecule has 1 saturated carbocycles. The maximum absolute atomic E-state index is 11.7. The van der Waals surface area contributed by atoms with E-state index in [0.717, 1.165) is 12.8 Å². The summed E-state index contributed by atoms with van der Waals surface area (Å²) in [5.41, 5.74) is -0.393. The summed E-state index contributed by atoms with van der Waals surface area (Å²) in [6.45, 7) is 6.11. The molecule has 1 saturated heterocycles. The smallest absolute Gasteiger partial charge is 0.312 e. The number of carbonyl (C=O) groups is 1. The maximum Gasteiger partial charge on any atom is 0.312 e. The molecule has 0 amide bonds. The number of ether oxygens (including phenoxy) is 1. The average molecular weight is 182 g/mol. The first-order valence-electron chi connectivity index (χ1n) is 5.17. The second-order valence-electron chi connectivity index (χ2n) is 5.35. The van der Waals surface area contributed by atoms with E-state index >= 15 is 0 Å². The third kappa shape index (κ3) is 1.27. The van der Waals surface area contributed by atoms with Gasteiger partial charge in [-0.2, -0.15) is 0 Å². The molecule has 2 bridgehead atoms. The quantitative estimate of drug-likeness (QED) is 0.538. The van der Waals surface area contributed by atoms with Crippen molar-refractivity contribution in [3.8, 4) is 0 Å². The molecule has 0 radical (unpaired) electrons. The first kappa shape index (κ1) is 9.04. The van der Waals surface area contributed by atoms with Crippen LogP contribution >= 0.6 is 0 Å². The first-order chi connectivity index (χ1) is 5.94. The lowest BCUT2D eigenvalue weighted by Crippen LogP contribution is -2.52. The Labute approximate surface area is 79.7 Å². The molecule has 74 valence electrons. The maximum atomic E-state index is 11.7. The molecular weight excluding hydrogens is 164 g/mol. The normalized spacial score (nSPS) is 42.7. The minimum atomic E-state index is -0.250. The number of carbonyl (C=O) groups excluding carboxylic acids is 1. The molecule has 2 heteroatoms. The summed E-state index contributed by atoms with van der Waals surface area (Å²) >= 11 is 0. The van der Waals surface area contributed by atoms with E-state index < -0.39 is 0 Å². The zero-order valence-corrected chi connectivity index (χ0v) is 8.72. The van der Waals surface area contributed by atoms with Gasteiger partial charge in [-0.1, -0.05) is 0 Å². The van der Waals surface area contributed by atoms with Crippen molar-refractivity contribution in [2.75, 3.05) is 0 Å². The van der Waals surface area contributed by atoms with Crippen LogP contribution in [0.15, 0.2) is 0 Å². The van der Waals surface area contributed by atoms with E-state index in [1.165, 1.54) is 12.8 Å². The molecular formula is C11H18O2. The van der Waals surface area contributed by atoms with Gasteiger partial charge in [-0.15, -0.1) is 0 Å². The Morgan fingerprint density at radius 2 is 2.08 bits per heavy atom. The van der Waals surface area contributed by atoms with Crippen LogP contribution in [0.2, 0.25) is 0 Å². The van der Waals surface area contributed by atoms with Crippen molar-refractivity contribution in [3.05, 3.63) is 0 Å². The Balaban J connectivity index is 2.28. The molecule has 2 aliphatic rings. The summed E-state index contributed by atoms with van der Waals surface area (Å²) < 4.78 is 5.52. The first-order valence-corrected chi connectivity index (χ1v) is 5.17. The van der Waals surface area contributed by atoms with Crippen molar-refractivity contribution in [1.82, 2.24) is 0 Å². The van der Waals surface area contributed by atoms with Crippen LogP contribution in [-0.4, -0.2) is 11.6 Å². The van der Waals surface area contributed by atoms with Gasteiger partial charge in [0.2, 0.25) is 0 Å². The number of fused-ring (bicyclic) bond motifs is 2. The topological polar surface area (TPSA) is 26.3 Å². The van der Waals surface area contributed by atoms with Gasteiger partial charge in [0.15, 0.2) is 0 Å². The average Bonchev–Trinajstić information content (AvgIpc) is 2.01. The fourth-order valence-corrected chi connectivity index (χ4v) is 2.68. The lowest BCUT2D eigenvalue weighted by atomic mass is 9.64. The number of rotatable bonds is 0. The van der Waals surface area contributed by atoms with Crippen molar-refractivity contribution in [3.63, 3.8) is 0 Å². The van der Waals surface area contributed by atoms with Crippen LogP contribution in [0.5, 0.6) is 0 Å². The standard InChI is InChI=1S/C11H18O2/c1-10(2)8-5-4-6-11(3,7-8)13-9(10)12/h8H,4-7H2,1-3H3/t8-,11-/m0/s1. The zero-order valence-electron chi connectivity index (χ0n) is 8.72. The predicted molar refractivity (Wildman–Crippen MR) is 50.2 cm³/mol. The van der Waals surface area contributed by atoms with Gasteiger partial charge in [0, 0.05) is 0 Å². The van der Waals surface area contributed by atoms with Gasteiger partial charge in [0.05, 0.1) is 5.41 Å². The molecule has 0 aromatic heterocycles. The molecule has 2 rings (SSSR count). The number of esters is 1. The van der Waals surface area contributed by atoms with Crippen molar-refractivity contribution >= 4 is 5.97 Å². The molecule has 2 nitrogen and oxygen atoms in total. The van der Waals surface area contributed by atoms with Crippen LogP contribution in [0.1, 0.15) is 46.5 Å². The molecule has 1 heterocycles. The highest BCUT2D eigenvalue weighted by atomic mass is 16.6. The summed E-state index contributed by atoms with van der Waals surface area (Å²) in [5, 5.41) is 0. The van der Waals surface area contributed by atoms with Crippen molar-refractivity contribution in [2.45, 2.75) is 52.1 Å². The van der Waals surface area contributed by atoms with Crippen LogP contribution in [0, 0.1) is 11.3 Å². The fourth-order valence-electron chi connectivity index (χ4n) is 2.68. The molecule has 2 fully saturated rings. The van der Waals surface area contributed by atoms with E-state index in [1.54, 1.807) is 0 Å². The Morgan fingerprint density at radius 3 is 2.77 bits per heavy atom. The van der Waals surface area contributed by atoms with Gasteiger partial charge >= 0.3 is 5.97 Å². The van der Waals surface area contributed by atoms with Crippen LogP contribution in [0.25, 0.3) is 0 Å². The minimum absolute atomic E-state index is 0.00551. The third-order valence-corrected chi connectivity index (χ3v) is 3.82. The van der Waals surface area contributed by atoms with E-state index in [2.05, 4.69) is 6.92 Å². The van der Waals surface area contributed by atoms with Gasteiger partial charge in [-0.05, 0) is 52.4 Å². The molecule has 0 aromatic rings. The minimum Gasteiger partial charge on any atom is -0.459 e. The Morgan fingerprint density at radius 1 is 1.38 bits per heavy atom. The Bertz CT molecular complexity index is 244. The lowest BCUT2D eigenvalue weighted by Gasteiger charge is -2.49. The number of hydrogen-bond acceptors (Lipinski definition) is 2. The van der Waals surface area contributed by atoms with E-state index in [0.29, 0.717) is 5.92 Å². The van der Waals surface area contributed by atoms with Crippen molar-refractivity contribution in [1.29, 1.82) is 0 Å². The van der Waals surface area contributed by atoms with Crippen LogP contribution in [-0.2, 0) is 9.53 Å². The van der Waals surface area contributed by atoms with Gasteiger partial charge in [0.25, 0.3) is 0 Å². The van der Waals surface area contributed by atoms with Gasteiger partial charge < -0.3 is 4.74 Å². The molecule has 0 aromatic carbocycles. The summed E-state index contributed by atoms with van der Waals surface area (Å²) in [6, 6.07) is 0. The summed E-state index contributed by atoms with van der Waals surface area (Å²) in [6.07, 6.45) is 4.51. The molecule has 0 unspecified atom stereocenters. The Kier molecular flexibility index (Phi) is 1.73. The largest absolute Gasteiger partial charge is 0.459 e. The molecule has 13 heavy (non-hydrogen) atoms. The second-order valence-corrected chi connectivity index (χ2v) is 5.35. The van der Waals surface area contributed by atoms with Crippen LogP contribution < -0.4 is 0 Å². The van der Waals surface area contributed by atoms with Crippen LogP contribution in [0.4, 0.5) is 0 Å². The summed E-state index contributed by atoms with van der Waals surface area (Å²) in [7, 11) is 0. The molecule has 0 spiro atoms. The van der Waals surface area contributed by atoms with E-state index in [9.17, 15) is 4.79 Å². The fraction of sp³-hybridized carbons (Fsp3) is 0.909. The lowest BCUT2D eigenvalue weighted by molar-refractivity contribution is -0.195. The highest BCUT2D eigenvalue weighted by molar-refractivity contribution is 5.77. The van der Waals surface area contributed by atoms with Crippen molar-refractivity contribution in [2.24, 2.45) is 11.3 Å². The second kappa shape index (κ2) is 2.49. The highest BCUT2D eigenvalue weighted by Gasteiger charge is 2.51.